The number of esters is 5. The SMILES string of the molecule is C=CC(=O)OC.COC(=O)CCN(CCC(=O)OC)CN(CCC(=O)OC)CCC(=O)OC.NCCN. The molecule has 0 aliphatic carbocycles. The predicted molar refractivity (Wildman–Crippen MR) is 135 cm³/mol. The molecule has 0 saturated carbocycles. The molecule has 0 unspecified atom stereocenters. The molecule has 4 N–H and O–H groups in total. The minimum absolute atomic E-state index is 0.152. The summed E-state index contributed by atoms with van der Waals surface area (Å²) in [5.74, 6) is -1.86. The maximum absolute atomic E-state index is 11.4. The Labute approximate surface area is 219 Å². The standard InChI is InChI=1S/C17H30N2O8.C4H6O2.C2H8N2/c1-24-14(20)5-9-18(10-6-15(21)25-2)13-19(11-7-16(22)26-3)12-8-17(23)27-4;1-3-4(5)6-2;3-1-2-4/h5-13H2,1-4H3;3H,1H2,2H3;1-4H2. The molecule has 0 rings (SSSR count). The van der Waals surface area contributed by atoms with Crippen LogP contribution in [0.3, 0.4) is 0 Å². The predicted octanol–water partition coefficient (Wildman–Crippen LogP) is -0.950. The smallest absolute Gasteiger partial charge is 0.329 e. The van der Waals surface area contributed by atoms with Gasteiger partial charge in [-0.1, -0.05) is 6.58 Å². The minimum Gasteiger partial charge on any atom is -0.469 e. The van der Waals surface area contributed by atoms with Crippen LogP contribution in [0.5, 0.6) is 0 Å². The van der Waals surface area contributed by atoms with Gasteiger partial charge in [0.1, 0.15) is 0 Å². The van der Waals surface area contributed by atoms with Crippen molar-refractivity contribution in [3.63, 3.8) is 0 Å². The maximum Gasteiger partial charge on any atom is 0.329 e. The van der Waals surface area contributed by atoms with Crippen molar-refractivity contribution in [3.05, 3.63) is 12.7 Å². The summed E-state index contributed by atoms with van der Waals surface area (Å²) in [6.07, 6.45) is 1.72. The van der Waals surface area contributed by atoms with Gasteiger partial charge >= 0.3 is 29.8 Å². The van der Waals surface area contributed by atoms with Crippen LogP contribution in [0.25, 0.3) is 0 Å². The third-order valence-corrected chi connectivity index (χ3v) is 4.37. The van der Waals surface area contributed by atoms with Crippen LogP contribution in [-0.2, 0) is 47.7 Å². The van der Waals surface area contributed by atoms with E-state index in [4.69, 9.17) is 11.5 Å². The summed E-state index contributed by atoms with van der Waals surface area (Å²) in [5.41, 5.74) is 9.81. The number of nitrogens with two attached hydrogens (primary N) is 2. The van der Waals surface area contributed by atoms with Gasteiger partial charge in [-0.3, -0.25) is 29.0 Å². The van der Waals surface area contributed by atoms with Crippen molar-refractivity contribution in [2.45, 2.75) is 25.7 Å². The lowest BCUT2D eigenvalue weighted by molar-refractivity contribution is -0.142. The van der Waals surface area contributed by atoms with E-state index in [2.05, 4.69) is 30.3 Å². The van der Waals surface area contributed by atoms with Crippen LogP contribution in [-0.4, -0.2) is 121 Å². The molecule has 0 aliphatic heterocycles. The molecule has 0 aromatic heterocycles. The number of carbonyl (C=O) groups is 5. The number of hydrogen-bond acceptors (Lipinski definition) is 14. The molecule has 0 aliphatic rings. The maximum atomic E-state index is 11.4. The second-order valence-electron chi connectivity index (χ2n) is 6.99. The van der Waals surface area contributed by atoms with Crippen molar-refractivity contribution >= 4 is 29.8 Å². The van der Waals surface area contributed by atoms with Gasteiger partial charge in [-0.05, 0) is 0 Å². The lowest BCUT2D eigenvalue weighted by Gasteiger charge is -2.29. The molecule has 0 radical (unpaired) electrons. The largest absolute Gasteiger partial charge is 0.469 e. The quantitative estimate of drug-likeness (QED) is 0.106. The Bertz CT molecular complexity index is 577. The van der Waals surface area contributed by atoms with Crippen molar-refractivity contribution in [3.8, 4) is 0 Å². The van der Waals surface area contributed by atoms with Crippen LogP contribution >= 0.6 is 0 Å². The van der Waals surface area contributed by atoms with Gasteiger partial charge in [0.2, 0.25) is 0 Å². The molecule has 0 amide bonds. The van der Waals surface area contributed by atoms with Gasteiger partial charge in [0.15, 0.2) is 0 Å². The molecular weight excluding hydrogens is 492 g/mol. The summed E-state index contributed by atoms with van der Waals surface area (Å²) in [5, 5.41) is 0. The summed E-state index contributed by atoms with van der Waals surface area (Å²) < 4.78 is 22.7. The van der Waals surface area contributed by atoms with E-state index in [1.54, 1.807) is 0 Å². The summed E-state index contributed by atoms with van der Waals surface area (Å²) in [6, 6.07) is 0. The molecule has 0 aromatic rings. The third-order valence-electron chi connectivity index (χ3n) is 4.37. The Morgan fingerprint density at radius 3 is 1.00 bits per heavy atom. The second-order valence-corrected chi connectivity index (χ2v) is 6.99. The highest BCUT2D eigenvalue weighted by atomic mass is 16.5. The number of rotatable bonds is 16. The lowest BCUT2D eigenvalue weighted by atomic mass is 10.3. The second kappa shape index (κ2) is 27.5. The van der Waals surface area contributed by atoms with Gasteiger partial charge in [0, 0.05) is 45.3 Å². The van der Waals surface area contributed by atoms with Gasteiger partial charge in [-0.25, -0.2) is 4.79 Å². The fourth-order valence-corrected chi connectivity index (χ4v) is 2.28. The summed E-state index contributed by atoms with van der Waals surface area (Å²) in [7, 11) is 6.53. The molecule has 14 nitrogen and oxygen atoms in total. The van der Waals surface area contributed by atoms with E-state index in [-0.39, 0.29) is 49.6 Å². The first kappa shape index (κ1) is 38.5. The van der Waals surface area contributed by atoms with Gasteiger partial charge in [0.25, 0.3) is 0 Å². The first-order valence-electron chi connectivity index (χ1n) is 11.4. The van der Waals surface area contributed by atoms with Crippen molar-refractivity contribution in [1.29, 1.82) is 0 Å². The van der Waals surface area contributed by atoms with Gasteiger partial charge in [-0.15, -0.1) is 0 Å². The van der Waals surface area contributed by atoms with E-state index in [1.165, 1.54) is 35.5 Å². The molecule has 0 heterocycles. The summed E-state index contributed by atoms with van der Waals surface area (Å²) >= 11 is 0. The van der Waals surface area contributed by atoms with Crippen molar-refractivity contribution < 1.29 is 47.7 Å². The van der Waals surface area contributed by atoms with E-state index in [9.17, 15) is 24.0 Å². The van der Waals surface area contributed by atoms with Gasteiger partial charge < -0.3 is 35.2 Å². The molecule has 37 heavy (non-hydrogen) atoms. The fourth-order valence-electron chi connectivity index (χ4n) is 2.28. The number of carbonyl (C=O) groups excluding carboxylic acids is 5. The minimum atomic E-state index is -0.394. The van der Waals surface area contributed by atoms with Crippen molar-refractivity contribution in [2.75, 3.05) is 81.5 Å². The lowest BCUT2D eigenvalue weighted by Crippen LogP contribution is -2.42. The zero-order valence-electron chi connectivity index (χ0n) is 22.7. The topological polar surface area (TPSA) is 190 Å². The molecule has 0 saturated heterocycles. The van der Waals surface area contributed by atoms with Crippen molar-refractivity contribution in [1.82, 2.24) is 9.80 Å². The van der Waals surface area contributed by atoms with Crippen LogP contribution in [0.1, 0.15) is 25.7 Å². The van der Waals surface area contributed by atoms with E-state index in [1.807, 2.05) is 9.80 Å². The van der Waals surface area contributed by atoms with E-state index in [0.717, 1.165) is 6.08 Å². The first-order chi connectivity index (χ1) is 17.6. The molecule has 0 bridgehead atoms. The molecule has 14 heteroatoms. The third kappa shape index (κ3) is 27.4. The van der Waals surface area contributed by atoms with E-state index >= 15 is 0 Å². The van der Waals surface area contributed by atoms with Crippen LogP contribution in [0, 0.1) is 0 Å². The first-order valence-corrected chi connectivity index (χ1v) is 11.4. The van der Waals surface area contributed by atoms with Crippen LogP contribution in [0.4, 0.5) is 0 Å². The molecule has 0 aromatic carbocycles. The monoisotopic (exact) mass is 536 g/mol. The molecule has 0 spiro atoms. The summed E-state index contributed by atoms with van der Waals surface area (Å²) in [6.45, 7) is 6.13. The van der Waals surface area contributed by atoms with Gasteiger partial charge in [0.05, 0.1) is 67.9 Å². The normalized spacial score (nSPS) is 9.65. The Kier molecular flexibility index (Phi) is 28.6. The van der Waals surface area contributed by atoms with Crippen molar-refractivity contribution in [2.24, 2.45) is 11.5 Å². The number of hydrogen-bond donors (Lipinski definition) is 2. The van der Waals surface area contributed by atoms with Crippen LogP contribution in [0.15, 0.2) is 12.7 Å². The molecule has 216 valence electrons. The fraction of sp³-hybridized carbons (Fsp3) is 0.696. The van der Waals surface area contributed by atoms with Crippen LogP contribution in [0.2, 0.25) is 0 Å². The zero-order chi connectivity index (χ0) is 29.1. The number of ether oxygens (including phenoxy) is 5. The van der Waals surface area contributed by atoms with Gasteiger partial charge in [-0.2, -0.15) is 0 Å². The van der Waals surface area contributed by atoms with Crippen LogP contribution < -0.4 is 11.5 Å². The average molecular weight is 537 g/mol. The molecular formula is C23H44N4O10. The number of nitrogens with zero attached hydrogens (tertiary/aromatic N) is 2. The molecule has 0 fully saturated rings. The Morgan fingerprint density at radius 2 is 0.865 bits per heavy atom. The zero-order valence-corrected chi connectivity index (χ0v) is 22.7. The average Bonchev–Trinajstić information content (AvgIpc) is 2.94. The summed E-state index contributed by atoms with van der Waals surface area (Å²) in [4.78, 5) is 59.3. The Morgan fingerprint density at radius 1 is 0.595 bits per heavy atom. The molecule has 0 atom stereocenters. The Balaban J connectivity index is -0.000000970. The van der Waals surface area contributed by atoms with E-state index < -0.39 is 5.97 Å². The number of methoxy groups -OCH3 is 5. The highest BCUT2D eigenvalue weighted by Crippen LogP contribution is 2.04. The highest BCUT2D eigenvalue weighted by molar-refractivity contribution is 5.80. The van der Waals surface area contributed by atoms with E-state index in [0.29, 0.717) is 45.9 Å². The highest BCUT2D eigenvalue weighted by Gasteiger charge is 2.17. The Hall–Kier alpha value is -3.07.